The fourth-order valence-corrected chi connectivity index (χ4v) is 8.44. The van der Waals surface area contributed by atoms with E-state index < -0.39 is 14.3 Å². The zero-order valence-corrected chi connectivity index (χ0v) is 19.8. The number of esters is 1. The number of hydrogen-bond acceptors (Lipinski definition) is 4. The van der Waals surface area contributed by atoms with Crippen molar-refractivity contribution >= 4 is 24.7 Å². The lowest BCUT2D eigenvalue weighted by atomic mass is 10.2. The number of aliphatic hydroxyl groups is 1. The Morgan fingerprint density at radius 1 is 0.969 bits per heavy atom. The molecule has 0 spiro atoms. The quantitative estimate of drug-likeness (QED) is 0.491. The third kappa shape index (κ3) is 5.25. The van der Waals surface area contributed by atoms with Crippen molar-refractivity contribution in [1.29, 1.82) is 0 Å². The van der Waals surface area contributed by atoms with Gasteiger partial charge in [0.1, 0.15) is 5.76 Å². The molecule has 4 nitrogen and oxygen atoms in total. The van der Waals surface area contributed by atoms with Crippen molar-refractivity contribution in [3.05, 3.63) is 108 Å². The zero-order valence-electron chi connectivity index (χ0n) is 18.8. The van der Waals surface area contributed by atoms with E-state index in [1.54, 1.807) is 18.2 Å². The standard InChI is InChI=1S/C27H30O4Si/c1-27(2,3)32(24-15-6-4-7-16-24,25-17-8-5-9-18-25)30-20-11-10-14-23-21-22(13-12-19-28)26(29)31-23/h4-18,21,28H,19-20H2,1-3H3/b11-10+,13-12+,23-14+. The van der Waals surface area contributed by atoms with Gasteiger partial charge >= 0.3 is 5.97 Å². The predicted molar refractivity (Wildman–Crippen MR) is 131 cm³/mol. The summed E-state index contributed by atoms with van der Waals surface area (Å²) in [7, 11) is -2.57. The minimum Gasteiger partial charge on any atom is -0.423 e. The molecule has 0 amide bonds. The molecule has 0 radical (unpaired) electrons. The number of carbonyl (C=O) groups is 1. The predicted octanol–water partition coefficient (Wildman–Crippen LogP) is 4.03. The van der Waals surface area contributed by atoms with E-state index in [0.29, 0.717) is 17.9 Å². The first kappa shape index (κ1) is 23.7. The maximum absolute atomic E-state index is 11.8. The average molecular weight is 447 g/mol. The molecule has 32 heavy (non-hydrogen) atoms. The molecule has 1 heterocycles. The number of cyclic esters (lactones) is 1. The van der Waals surface area contributed by atoms with Crippen LogP contribution in [0.4, 0.5) is 0 Å². The van der Waals surface area contributed by atoms with Gasteiger partial charge in [0.25, 0.3) is 8.32 Å². The first-order valence-electron chi connectivity index (χ1n) is 10.7. The van der Waals surface area contributed by atoms with Crippen LogP contribution >= 0.6 is 0 Å². The molecule has 2 aromatic carbocycles. The minimum absolute atomic E-state index is 0.0837. The summed E-state index contributed by atoms with van der Waals surface area (Å²) < 4.78 is 12.0. The first-order chi connectivity index (χ1) is 15.4. The molecule has 5 heteroatoms. The van der Waals surface area contributed by atoms with Gasteiger partial charge in [-0.1, -0.05) is 99.7 Å². The summed E-state index contributed by atoms with van der Waals surface area (Å²) in [6, 6.07) is 21.0. The van der Waals surface area contributed by atoms with Gasteiger partial charge in [-0.15, -0.1) is 0 Å². The largest absolute Gasteiger partial charge is 0.423 e. The van der Waals surface area contributed by atoms with Crippen molar-refractivity contribution in [2.75, 3.05) is 13.2 Å². The summed E-state index contributed by atoms with van der Waals surface area (Å²) in [5, 5.41) is 11.2. The van der Waals surface area contributed by atoms with Crippen LogP contribution in [0.2, 0.25) is 5.04 Å². The molecule has 1 aliphatic rings. The maximum Gasteiger partial charge on any atom is 0.343 e. The van der Waals surface area contributed by atoms with Gasteiger partial charge in [0.05, 0.1) is 18.8 Å². The smallest absolute Gasteiger partial charge is 0.343 e. The maximum atomic E-state index is 11.8. The Balaban J connectivity index is 1.84. The second-order valence-corrected chi connectivity index (χ2v) is 12.9. The Labute approximate surface area is 191 Å². The zero-order chi connectivity index (χ0) is 23.0. The number of hydrogen-bond donors (Lipinski definition) is 1. The molecule has 1 N–H and O–H groups in total. The molecule has 0 unspecified atom stereocenters. The number of carbonyl (C=O) groups excluding carboxylic acids is 1. The molecular formula is C27H30O4Si. The molecule has 3 rings (SSSR count). The second-order valence-electron chi connectivity index (χ2n) is 8.55. The van der Waals surface area contributed by atoms with E-state index >= 15 is 0 Å². The number of aliphatic hydroxyl groups excluding tert-OH is 1. The van der Waals surface area contributed by atoms with E-state index in [-0.39, 0.29) is 11.6 Å². The van der Waals surface area contributed by atoms with E-state index in [1.165, 1.54) is 16.4 Å². The van der Waals surface area contributed by atoms with Crippen LogP contribution in [-0.2, 0) is 14.0 Å². The van der Waals surface area contributed by atoms with Gasteiger partial charge in [-0.3, -0.25) is 0 Å². The lowest BCUT2D eigenvalue weighted by Crippen LogP contribution is -2.66. The van der Waals surface area contributed by atoms with Crippen LogP contribution in [0, 0.1) is 0 Å². The molecule has 0 aliphatic carbocycles. The van der Waals surface area contributed by atoms with Crippen molar-refractivity contribution in [1.82, 2.24) is 0 Å². The molecule has 2 aromatic rings. The second kappa shape index (κ2) is 10.5. The Morgan fingerprint density at radius 3 is 2.09 bits per heavy atom. The Kier molecular flexibility index (Phi) is 7.80. The minimum atomic E-state index is -2.57. The fourth-order valence-electron chi connectivity index (χ4n) is 3.94. The van der Waals surface area contributed by atoms with Gasteiger partial charge in [0.2, 0.25) is 0 Å². The summed E-state index contributed by atoms with van der Waals surface area (Å²) >= 11 is 0. The van der Waals surface area contributed by atoms with Crippen molar-refractivity contribution in [3.8, 4) is 0 Å². The van der Waals surface area contributed by atoms with E-state index in [9.17, 15) is 4.79 Å². The molecule has 1 aliphatic heterocycles. The van der Waals surface area contributed by atoms with Gasteiger partial charge in [-0.25, -0.2) is 4.79 Å². The normalized spacial score (nSPS) is 16.2. The Hall–Kier alpha value is -2.99. The van der Waals surface area contributed by atoms with Crippen LogP contribution in [0.15, 0.2) is 108 Å². The van der Waals surface area contributed by atoms with E-state index in [2.05, 4.69) is 69.3 Å². The van der Waals surface area contributed by atoms with Gasteiger partial charge in [-0.05, 0) is 33.6 Å². The highest BCUT2D eigenvalue weighted by Crippen LogP contribution is 2.36. The van der Waals surface area contributed by atoms with Crippen LogP contribution in [0.25, 0.3) is 0 Å². The van der Waals surface area contributed by atoms with Crippen molar-refractivity contribution in [2.45, 2.75) is 25.8 Å². The lowest BCUT2D eigenvalue weighted by Gasteiger charge is -2.42. The summed E-state index contributed by atoms with van der Waals surface area (Å²) in [6.07, 6.45) is 10.2. The molecule has 166 valence electrons. The third-order valence-corrected chi connectivity index (χ3v) is 10.4. The number of ether oxygens (including phenoxy) is 1. The number of rotatable bonds is 8. The highest BCUT2D eigenvalue weighted by Gasteiger charge is 2.49. The fraction of sp³-hybridized carbons (Fsp3) is 0.222. The molecule has 0 atom stereocenters. The van der Waals surface area contributed by atoms with Gasteiger partial charge in [0, 0.05) is 0 Å². The van der Waals surface area contributed by atoms with Crippen molar-refractivity contribution in [3.63, 3.8) is 0 Å². The summed E-state index contributed by atoms with van der Waals surface area (Å²) in [6.45, 7) is 7.05. The molecule has 0 saturated carbocycles. The van der Waals surface area contributed by atoms with E-state index in [1.807, 2.05) is 24.3 Å². The molecule has 0 fully saturated rings. The number of allylic oxidation sites excluding steroid dienone is 3. The summed E-state index contributed by atoms with van der Waals surface area (Å²) in [5.41, 5.74) is 0.419. The highest BCUT2D eigenvalue weighted by molar-refractivity contribution is 6.99. The Morgan fingerprint density at radius 2 is 1.56 bits per heavy atom. The van der Waals surface area contributed by atoms with Gasteiger partial charge < -0.3 is 14.3 Å². The first-order valence-corrected chi connectivity index (χ1v) is 12.6. The van der Waals surface area contributed by atoms with Crippen molar-refractivity contribution in [2.24, 2.45) is 0 Å². The van der Waals surface area contributed by atoms with Gasteiger partial charge in [-0.2, -0.15) is 0 Å². The Bertz CT molecular complexity index is 989. The van der Waals surface area contributed by atoms with Crippen LogP contribution in [-0.4, -0.2) is 32.6 Å². The van der Waals surface area contributed by atoms with E-state index in [4.69, 9.17) is 14.3 Å². The number of benzene rings is 2. The van der Waals surface area contributed by atoms with Crippen LogP contribution in [0.5, 0.6) is 0 Å². The molecule has 0 saturated heterocycles. The van der Waals surface area contributed by atoms with E-state index in [0.717, 1.165) is 0 Å². The summed E-state index contributed by atoms with van der Waals surface area (Å²) in [4.78, 5) is 11.8. The molecule has 0 bridgehead atoms. The average Bonchev–Trinajstić information content (AvgIpc) is 3.14. The SMILES string of the molecule is CC(C)(C)[Si](OC/C=C/C=C1C=C(/C=C/CO)C(=O)O\1)(c1ccccc1)c1ccccc1. The van der Waals surface area contributed by atoms with Crippen LogP contribution in [0.1, 0.15) is 20.8 Å². The lowest BCUT2D eigenvalue weighted by molar-refractivity contribution is -0.132. The van der Waals surface area contributed by atoms with Gasteiger partial charge in [0.15, 0.2) is 0 Å². The highest BCUT2D eigenvalue weighted by atomic mass is 28.4. The van der Waals surface area contributed by atoms with Crippen LogP contribution < -0.4 is 10.4 Å². The summed E-state index contributed by atoms with van der Waals surface area (Å²) in [5.74, 6) is 0.0483. The molecular weight excluding hydrogens is 416 g/mol. The van der Waals surface area contributed by atoms with Crippen molar-refractivity contribution < 1.29 is 19.1 Å². The molecule has 0 aromatic heterocycles. The van der Waals surface area contributed by atoms with Crippen LogP contribution in [0.3, 0.4) is 0 Å². The monoisotopic (exact) mass is 446 g/mol. The topological polar surface area (TPSA) is 55.8 Å². The third-order valence-electron chi connectivity index (χ3n) is 5.36.